The number of aromatic carboxylic acids is 1. The lowest BCUT2D eigenvalue weighted by atomic mass is 10.0. The molecule has 0 aliphatic carbocycles. The van der Waals surface area contributed by atoms with Crippen molar-refractivity contribution in [1.29, 1.82) is 0 Å². The van der Waals surface area contributed by atoms with Gasteiger partial charge in [-0.2, -0.15) is 0 Å². The maximum Gasteiger partial charge on any atom is 0.354 e. The molecule has 3 rings (SSSR count). The average Bonchev–Trinajstić information content (AvgIpc) is 2.97. The molecule has 0 aliphatic rings. The summed E-state index contributed by atoms with van der Waals surface area (Å²) in [6, 6.07) is 17.0. The molecule has 0 aliphatic heterocycles. The summed E-state index contributed by atoms with van der Waals surface area (Å²) in [4.78, 5) is 27.4. The minimum atomic E-state index is -1.11. The van der Waals surface area contributed by atoms with Gasteiger partial charge in [-0.1, -0.05) is 54.6 Å². The highest BCUT2D eigenvalue weighted by molar-refractivity contribution is 6.07. The summed E-state index contributed by atoms with van der Waals surface area (Å²) in [5, 5.41) is 9.02. The molecule has 0 saturated carbocycles. The summed E-state index contributed by atoms with van der Waals surface area (Å²) in [6.45, 7) is 0. The highest BCUT2D eigenvalue weighted by Gasteiger charge is 2.19. The third-order valence-electron chi connectivity index (χ3n) is 3.66. The minimum Gasteiger partial charge on any atom is -0.477 e. The number of hydrogen-bond acceptors (Lipinski definition) is 3. The molecule has 0 fully saturated rings. The van der Waals surface area contributed by atoms with E-state index < -0.39 is 5.97 Å². The Hall–Kier alpha value is -3.21. The highest BCUT2D eigenvalue weighted by Crippen LogP contribution is 2.20. The number of nitrogens with zero attached hydrogens (tertiary/aromatic N) is 2. The van der Waals surface area contributed by atoms with Gasteiger partial charge in [0.05, 0.1) is 6.20 Å². The summed E-state index contributed by atoms with van der Waals surface area (Å²) in [5.41, 5.74) is 2.52. The number of hydrogen-bond donors (Lipinski definition) is 1. The molecule has 1 N–H and O–H groups in total. The zero-order valence-electron chi connectivity index (χ0n) is 12.4. The van der Waals surface area contributed by atoms with Crippen LogP contribution in [-0.2, 0) is 7.05 Å². The van der Waals surface area contributed by atoms with Crippen molar-refractivity contribution in [2.75, 3.05) is 0 Å². The molecular weight excluding hydrogens is 292 g/mol. The summed E-state index contributed by atoms with van der Waals surface area (Å²) < 4.78 is 1.29. The van der Waals surface area contributed by atoms with Crippen LogP contribution in [0.4, 0.5) is 0 Å². The van der Waals surface area contributed by atoms with Crippen LogP contribution in [0.2, 0.25) is 0 Å². The molecule has 0 bridgehead atoms. The molecule has 23 heavy (non-hydrogen) atoms. The van der Waals surface area contributed by atoms with Crippen LogP contribution in [0.5, 0.6) is 0 Å². The van der Waals surface area contributed by atoms with Gasteiger partial charge in [0.1, 0.15) is 5.69 Å². The Bertz CT molecular complexity index is 865. The van der Waals surface area contributed by atoms with Crippen LogP contribution in [0.15, 0.2) is 60.8 Å². The number of ketones is 1. The molecule has 0 amide bonds. The lowest BCUT2D eigenvalue weighted by molar-refractivity contribution is 0.0686. The van der Waals surface area contributed by atoms with E-state index in [1.54, 1.807) is 12.1 Å². The number of rotatable bonds is 4. The molecule has 0 spiro atoms. The number of aromatic nitrogens is 2. The number of carboxylic acid groups (broad SMARTS) is 1. The van der Waals surface area contributed by atoms with Gasteiger partial charge >= 0.3 is 5.97 Å². The van der Waals surface area contributed by atoms with Crippen LogP contribution >= 0.6 is 0 Å². The zero-order valence-corrected chi connectivity index (χ0v) is 12.4. The van der Waals surface area contributed by atoms with Crippen molar-refractivity contribution in [3.8, 4) is 11.1 Å². The first-order valence-corrected chi connectivity index (χ1v) is 7.03. The SMILES string of the molecule is Cn1c(C(=O)O)cnc1C(=O)c1ccc(-c2ccccc2)cc1. The summed E-state index contributed by atoms with van der Waals surface area (Å²) in [5.74, 6) is -1.31. The van der Waals surface area contributed by atoms with E-state index in [1.807, 2.05) is 42.5 Å². The lowest BCUT2D eigenvalue weighted by Crippen LogP contribution is -2.12. The van der Waals surface area contributed by atoms with Crippen LogP contribution < -0.4 is 0 Å². The Morgan fingerprint density at radius 2 is 1.57 bits per heavy atom. The number of carbonyl (C=O) groups excluding carboxylic acids is 1. The van der Waals surface area contributed by atoms with Crippen LogP contribution in [0.3, 0.4) is 0 Å². The van der Waals surface area contributed by atoms with E-state index in [9.17, 15) is 9.59 Å². The van der Waals surface area contributed by atoms with Gasteiger partial charge in [0, 0.05) is 12.6 Å². The molecule has 2 aromatic carbocycles. The van der Waals surface area contributed by atoms with Crippen molar-refractivity contribution in [3.63, 3.8) is 0 Å². The normalized spacial score (nSPS) is 10.5. The van der Waals surface area contributed by atoms with Crippen molar-refractivity contribution < 1.29 is 14.7 Å². The number of carbonyl (C=O) groups is 2. The maximum atomic E-state index is 12.5. The largest absolute Gasteiger partial charge is 0.477 e. The predicted molar refractivity (Wildman–Crippen MR) is 85.5 cm³/mol. The Morgan fingerprint density at radius 3 is 2.13 bits per heavy atom. The molecule has 1 aromatic heterocycles. The molecule has 3 aromatic rings. The summed E-state index contributed by atoms with van der Waals surface area (Å²) >= 11 is 0. The van der Waals surface area contributed by atoms with E-state index in [0.717, 1.165) is 11.1 Å². The first kappa shape index (κ1) is 14.7. The van der Waals surface area contributed by atoms with Crippen molar-refractivity contribution in [2.24, 2.45) is 7.05 Å². The Labute approximate surface area is 132 Å². The third kappa shape index (κ3) is 2.76. The van der Waals surface area contributed by atoms with Gasteiger partial charge < -0.3 is 9.67 Å². The maximum absolute atomic E-state index is 12.5. The van der Waals surface area contributed by atoms with E-state index in [-0.39, 0.29) is 17.3 Å². The molecule has 0 atom stereocenters. The second kappa shape index (κ2) is 5.88. The van der Waals surface area contributed by atoms with Crippen LogP contribution in [0, 0.1) is 0 Å². The van der Waals surface area contributed by atoms with Crippen LogP contribution in [0.25, 0.3) is 11.1 Å². The molecule has 0 saturated heterocycles. The molecule has 0 unspecified atom stereocenters. The van der Waals surface area contributed by atoms with Gasteiger partial charge in [-0.15, -0.1) is 0 Å². The quantitative estimate of drug-likeness (QED) is 0.752. The topological polar surface area (TPSA) is 72.2 Å². The standard InChI is InChI=1S/C18H14N2O3/c1-20-15(18(22)23)11-19-17(20)16(21)14-9-7-13(8-10-14)12-5-3-2-4-6-12/h2-11H,1H3,(H,22,23). The second-order valence-electron chi connectivity index (χ2n) is 5.10. The molecule has 114 valence electrons. The smallest absolute Gasteiger partial charge is 0.354 e. The Kier molecular flexibility index (Phi) is 3.76. The summed E-state index contributed by atoms with van der Waals surface area (Å²) in [7, 11) is 1.52. The first-order chi connectivity index (χ1) is 11.1. The number of imidazole rings is 1. The van der Waals surface area contributed by atoms with E-state index >= 15 is 0 Å². The molecular formula is C18H14N2O3. The van der Waals surface area contributed by atoms with E-state index in [0.29, 0.717) is 5.56 Å². The minimum absolute atomic E-state index is 0.0192. The van der Waals surface area contributed by atoms with E-state index in [4.69, 9.17) is 5.11 Å². The molecule has 5 nitrogen and oxygen atoms in total. The second-order valence-corrected chi connectivity index (χ2v) is 5.10. The summed E-state index contributed by atoms with van der Waals surface area (Å²) in [6.07, 6.45) is 1.19. The fourth-order valence-corrected chi connectivity index (χ4v) is 2.39. The van der Waals surface area contributed by atoms with Gasteiger partial charge in [0.15, 0.2) is 5.82 Å². The van der Waals surface area contributed by atoms with Crippen molar-refractivity contribution in [3.05, 3.63) is 77.9 Å². The van der Waals surface area contributed by atoms with Gasteiger partial charge in [0.2, 0.25) is 5.78 Å². The Balaban J connectivity index is 1.91. The molecule has 5 heteroatoms. The fraction of sp³-hybridized carbons (Fsp3) is 0.0556. The molecule has 1 heterocycles. The van der Waals surface area contributed by atoms with Gasteiger partial charge in [-0.25, -0.2) is 9.78 Å². The zero-order chi connectivity index (χ0) is 16.4. The van der Waals surface area contributed by atoms with Crippen molar-refractivity contribution >= 4 is 11.8 Å². The average molecular weight is 306 g/mol. The predicted octanol–water partition coefficient (Wildman–Crippen LogP) is 3.02. The monoisotopic (exact) mass is 306 g/mol. The van der Waals surface area contributed by atoms with Gasteiger partial charge in [0.25, 0.3) is 0 Å². The molecule has 0 radical (unpaired) electrons. The van der Waals surface area contributed by atoms with Gasteiger partial charge in [-0.05, 0) is 11.1 Å². The van der Waals surface area contributed by atoms with Gasteiger partial charge in [-0.3, -0.25) is 4.79 Å². The van der Waals surface area contributed by atoms with Crippen molar-refractivity contribution in [2.45, 2.75) is 0 Å². The number of carboxylic acids is 1. The lowest BCUT2D eigenvalue weighted by Gasteiger charge is -2.05. The fourth-order valence-electron chi connectivity index (χ4n) is 2.39. The van der Waals surface area contributed by atoms with Crippen LogP contribution in [0.1, 0.15) is 26.7 Å². The Morgan fingerprint density at radius 1 is 0.957 bits per heavy atom. The van der Waals surface area contributed by atoms with Crippen molar-refractivity contribution in [1.82, 2.24) is 9.55 Å². The first-order valence-electron chi connectivity index (χ1n) is 7.03. The van der Waals surface area contributed by atoms with E-state index in [1.165, 1.54) is 17.8 Å². The number of benzene rings is 2. The van der Waals surface area contributed by atoms with Crippen LogP contribution in [-0.4, -0.2) is 26.4 Å². The van der Waals surface area contributed by atoms with E-state index in [2.05, 4.69) is 4.98 Å². The highest BCUT2D eigenvalue weighted by atomic mass is 16.4. The third-order valence-corrected chi connectivity index (χ3v) is 3.66.